The minimum Gasteiger partial charge on any atom is -0.495 e. The van der Waals surface area contributed by atoms with Crippen LogP contribution in [0.5, 0.6) is 5.75 Å². The lowest BCUT2D eigenvalue weighted by Crippen LogP contribution is -2.32. The van der Waals surface area contributed by atoms with Gasteiger partial charge in [0.05, 0.1) is 23.9 Å². The lowest BCUT2D eigenvalue weighted by Gasteiger charge is -2.19. The van der Waals surface area contributed by atoms with Gasteiger partial charge in [-0.25, -0.2) is 4.90 Å². The van der Waals surface area contributed by atoms with Crippen LogP contribution >= 0.6 is 0 Å². The van der Waals surface area contributed by atoms with Crippen LogP contribution in [0.3, 0.4) is 0 Å². The molecule has 4 rings (SSSR count). The van der Waals surface area contributed by atoms with Gasteiger partial charge in [-0.2, -0.15) is 13.2 Å². The van der Waals surface area contributed by atoms with Crippen molar-refractivity contribution < 1.29 is 27.5 Å². The fourth-order valence-corrected chi connectivity index (χ4v) is 3.63. The van der Waals surface area contributed by atoms with Gasteiger partial charge in [0, 0.05) is 5.69 Å². The molecule has 0 spiro atoms. The Morgan fingerprint density at radius 3 is 2.27 bits per heavy atom. The van der Waals surface area contributed by atoms with Gasteiger partial charge < -0.3 is 10.1 Å². The Hall–Kier alpha value is -4.07. The van der Waals surface area contributed by atoms with Crippen molar-refractivity contribution in [3.8, 4) is 5.75 Å². The van der Waals surface area contributed by atoms with Gasteiger partial charge in [-0.15, -0.1) is 0 Å². The zero-order valence-corrected chi connectivity index (χ0v) is 17.7. The fourth-order valence-electron chi connectivity index (χ4n) is 3.63. The summed E-state index contributed by atoms with van der Waals surface area (Å²) in [4.78, 5) is 27.9. The van der Waals surface area contributed by atoms with Crippen LogP contribution in [0.1, 0.15) is 16.7 Å². The molecule has 1 aliphatic rings. The van der Waals surface area contributed by atoms with E-state index in [4.69, 9.17) is 4.74 Å². The van der Waals surface area contributed by atoms with E-state index in [1.165, 1.54) is 19.2 Å². The molecule has 33 heavy (non-hydrogen) atoms. The molecule has 2 amide bonds. The van der Waals surface area contributed by atoms with E-state index in [1.54, 1.807) is 55.5 Å². The van der Waals surface area contributed by atoms with Gasteiger partial charge in [0.25, 0.3) is 11.8 Å². The summed E-state index contributed by atoms with van der Waals surface area (Å²) in [5.74, 6) is -0.986. The lowest BCUT2D eigenvalue weighted by atomic mass is 10.0. The quantitative estimate of drug-likeness (QED) is 0.526. The van der Waals surface area contributed by atoms with E-state index in [1.807, 2.05) is 0 Å². The normalized spacial score (nSPS) is 14.2. The number of carbonyl (C=O) groups is 2. The molecular weight excluding hydrogens is 433 g/mol. The maximum Gasteiger partial charge on any atom is 0.416 e. The summed E-state index contributed by atoms with van der Waals surface area (Å²) in [6.07, 6.45) is -4.55. The molecule has 0 fully saturated rings. The van der Waals surface area contributed by atoms with Crippen LogP contribution in [-0.4, -0.2) is 18.9 Å². The molecule has 1 N–H and O–H groups in total. The molecule has 0 radical (unpaired) electrons. The number of hydrogen-bond acceptors (Lipinski definition) is 4. The zero-order valence-electron chi connectivity index (χ0n) is 17.7. The average molecular weight is 452 g/mol. The first-order chi connectivity index (χ1) is 15.7. The molecule has 3 aromatic rings. The number of hydrogen-bond donors (Lipinski definition) is 1. The first kappa shape index (κ1) is 22.1. The summed E-state index contributed by atoms with van der Waals surface area (Å²) >= 11 is 0. The number of nitrogens with one attached hydrogen (secondary N) is 1. The van der Waals surface area contributed by atoms with Crippen LogP contribution in [0.15, 0.2) is 78.5 Å². The number of nitrogens with zero attached hydrogens (tertiary/aromatic N) is 1. The highest BCUT2D eigenvalue weighted by atomic mass is 19.4. The number of alkyl halides is 3. The lowest BCUT2D eigenvalue weighted by molar-refractivity contribution is -0.137. The standard InChI is InChI=1S/C25H19F3N2O3/c1-15-11-12-20(33-2)19(13-15)30-23(31)21(16-7-4-3-5-8-16)22(24(30)32)29-18-10-6-9-17(14-18)25(26,27)28/h3-14,29H,1-2H3. The minimum atomic E-state index is -4.55. The predicted molar refractivity (Wildman–Crippen MR) is 119 cm³/mol. The summed E-state index contributed by atoms with van der Waals surface area (Å²) in [6, 6.07) is 18.0. The number of imide groups is 1. The maximum absolute atomic E-state index is 13.5. The van der Waals surface area contributed by atoms with Crippen molar-refractivity contribution in [2.75, 3.05) is 17.3 Å². The fraction of sp³-hybridized carbons (Fsp3) is 0.120. The molecule has 0 saturated heterocycles. The third-order valence-electron chi connectivity index (χ3n) is 5.18. The highest BCUT2D eigenvalue weighted by molar-refractivity contribution is 6.46. The summed E-state index contributed by atoms with van der Waals surface area (Å²) in [5.41, 5.74) is 0.611. The van der Waals surface area contributed by atoms with Gasteiger partial charge in [0.1, 0.15) is 11.4 Å². The monoisotopic (exact) mass is 452 g/mol. The molecule has 3 aromatic carbocycles. The Bertz CT molecular complexity index is 1270. The van der Waals surface area contributed by atoms with Crippen LogP contribution in [0.4, 0.5) is 24.5 Å². The number of methoxy groups -OCH3 is 1. The Kier molecular flexibility index (Phi) is 5.68. The van der Waals surface area contributed by atoms with Crippen molar-refractivity contribution in [2.45, 2.75) is 13.1 Å². The number of rotatable bonds is 5. The molecule has 0 aliphatic carbocycles. The largest absolute Gasteiger partial charge is 0.495 e. The molecule has 0 aromatic heterocycles. The van der Waals surface area contributed by atoms with Gasteiger partial charge in [-0.3, -0.25) is 9.59 Å². The number of benzene rings is 3. The highest BCUT2D eigenvalue weighted by Crippen LogP contribution is 2.39. The van der Waals surface area contributed by atoms with Gasteiger partial charge in [0.15, 0.2) is 0 Å². The molecule has 0 unspecified atom stereocenters. The Balaban J connectivity index is 1.84. The van der Waals surface area contributed by atoms with Crippen LogP contribution in [0.2, 0.25) is 0 Å². The summed E-state index contributed by atoms with van der Waals surface area (Å²) in [5, 5.41) is 2.76. The summed E-state index contributed by atoms with van der Waals surface area (Å²) in [6.45, 7) is 1.81. The number of amides is 2. The van der Waals surface area contributed by atoms with Crippen molar-refractivity contribution in [3.63, 3.8) is 0 Å². The molecule has 1 heterocycles. The molecule has 168 valence electrons. The van der Waals surface area contributed by atoms with Gasteiger partial charge in [-0.05, 0) is 48.4 Å². The van der Waals surface area contributed by atoms with E-state index in [2.05, 4.69) is 5.32 Å². The van der Waals surface area contributed by atoms with Crippen molar-refractivity contribution in [2.24, 2.45) is 0 Å². The van der Waals surface area contributed by atoms with E-state index < -0.39 is 23.6 Å². The van der Waals surface area contributed by atoms with Gasteiger partial charge >= 0.3 is 6.18 Å². The Morgan fingerprint density at radius 1 is 0.879 bits per heavy atom. The predicted octanol–water partition coefficient (Wildman–Crippen LogP) is 5.42. The van der Waals surface area contributed by atoms with E-state index in [0.717, 1.165) is 22.6 Å². The van der Waals surface area contributed by atoms with Crippen LogP contribution in [0.25, 0.3) is 5.57 Å². The van der Waals surface area contributed by atoms with Crippen molar-refractivity contribution in [1.29, 1.82) is 0 Å². The van der Waals surface area contributed by atoms with E-state index in [0.29, 0.717) is 11.3 Å². The summed E-state index contributed by atoms with van der Waals surface area (Å²) < 4.78 is 44.9. The third-order valence-corrected chi connectivity index (χ3v) is 5.18. The zero-order chi connectivity index (χ0) is 23.8. The minimum absolute atomic E-state index is 0.0347. The molecular formula is C25H19F3N2O3. The molecule has 0 atom stereocenters. The Labute approximate surface area is 188 Å². The van der Waals surface area contributed by atoms with Gasteiger partial charge in [-0.1, -0.05) is 42.5 Å². The number of ether oxygens (including phenoxy) is 1. The Morgan fingerprint density at radius 2 is 1.61 bits per heavy atom. The average Bonchev–Trinajstić information content (AvgIpc) is 3.03. The smallest absolute Gasteiger partial charge is 0.416 e. The first-order valence-corrected chi connectivity index (χ1v) is 9.98. The number of anilines is 2. The van der Waals surface area contributed by atoms with Gasteiger partial charge in [0.2, 0.25) is 0 Å². The highest BCUT2D eigenvalue weighted by Gasteiger charge is 2.41. The van der Waals surface area contributed by atoms with Crippen molar-refractivity contribution in [3.05, 3.63) is 95.2 Å². The molecule has 8 heteroatoms. The van der Waals surface area contributed by atoms with Crippen LogP contribution < -0.4 is 15.0 Å². The second-order valence-electron chi connectivity index (χ2n) is 7.44. The number of halogens is 3. The topological polar surface area (TPSA) is 58.6 Å². The van der Waals surface area contributed by atoms with E-state index in [-0.39, 0.29) is 22.6 Å². The van der Waals surface area contributed by atoms with Crippen LogP contribution in [-0.2, 0) is 15.8 Å². The second-order valence-corrected chi connectivity index (χ2v) is 7.44. The molecule has 0 saturated carbocycles. The first-order valence-electron chi connectivity index (χ1n) is 9.98. The molecule has 1 aliphatic heterocycles. The summed E-state index contributed by atoms with van der Waals surface area (Å²) in [7, 11) is 1.42. The van der Waals surface area contributed by atoms with E-state index >= 15 is 0 Å². The second kappa shape index (κ2) is 8.46. The molecule has 5 nitrogen and oxygen atoms in total. The van der Waals surface area contributed by atoms with Crippen LogP contribution in [0, 0.1) is 6.92 Å². The SMILES string of the molecule is COc1ccc(C)cc1N1C(=O)C(Nc2cccc(C(F)(F)F)c2)=C(c2ccccc2)C1=O. The maximum atomic E-state index is 13.5. The van der Waals surface area contributed by atoms with Crippen molar-refractivity contribution >= 4 is 28.8 Å². The van der Waals surface area contributed by atoms with Crippen molar-refractivity contribution in [1.82, 2.24) is 0 Å². The third kappa shape index (κ3) is 4.19. The van der Waals surface area contributed by atoms with E-state index in [9.17, 15) is 22.8 Å². The number of aryl methyl sites for hydroxylation is 1. The number of carbonyl (C=O) groups excluding carboxylic acids is 2. The molecule has 0 bridgehead atoms.